The fourth-order valence-corrected chi connectivity index (χ4v) is 2.59. The molecule has 0 radical (unpaired) electrons. The summed E-state index contributed by atoms with van der Waals surface area (Å²) in [6, 6.07) is 7.67. The summed E-state index contributed by atoms with van der Waals surface area (Å²) in [6.45, 7) is 6.40. The maximum absolute atomic E-state index is 12.3. The summed E-state index contributed by atoms with van der Waals surface area (Å²) in [6.07, 6.45) is 0. The number of likely N-dealkylation sites (N-methyl/N-ethyl adjacent to an activating group) is 1. The SMILES string of the molecule is CNC(C)CNC(=O)c1ccccc1SCC(=O)NC(C)C. The van der Waals surface area contributed by atoms with Gasteiger partial charge in [-0.2, -0.15) is 0 Å². The normalized spacial score (nSPS) is 12.0. The van der Waals surface area contributed by atoms with E-state index in [2.05, 4.69) is 16.0 Å². The monoisotopic (exact) mass is 323 g/mol. The molecule has 6 heteroatoms. The molecular formula is C16H25N3O2S. The summed E-state index contributed by atoms with van der Waals surface area (Å²) in [5.74, 6) is 0.156. The van der Waals surface area contributed by atoms with Crippen molar-refractivity contribution in [3.8, 4) is 0 Å². The molecule has 2 amide bonds. The minimum Gasteiger partial charge on any atom is -0.353 e. The Balaban J connectivity index is 2.65. The first-order chi connectivity index (χ1) is 10.4. The average Bonchev–Trinajstić information content (AvgIpc) is 2.49. The maximum atomic E-state index is 12.3. The molecular weight excluding hydrogens is 298 g/mol. The lowest BCUT2D eigenvalue weighted by Crippen LogP contribution is -2.37. The number of hydrogen-bond donors (Lipinski definition) is 3. The smallest absolute Gasteiger partial charge is 0.252 e. The Kier molecular flexibility index (Phi) is 7.98. The van der Waals surface area contributed by atoms with Crippen LogP contribution in [0.3, 0.4) is 0 Å². The molecule has 1 atom stereocenters. The van der Waals surface area contributed by atoms with Gasteiger partial charge in [-0.3, -0.25) is 9.59 Å². The number of nitrogens with one attached hydrogen (secondary N) is 3. The van der Waals surface area contributed by atoms with E-state index in [9.17, 15) is 9.59 Å². The standard InChI is InChI=1S/C16H25N3O2S/c1-11(2)19-15(20)10-22-14-8-6-5-7-13(14)16(21)18-9-12(3)17-4/h5-8,11-12,17H,9-10H2,1-4H3,(H,18,21)(H,19,20). The summed E-state index contributed by atoms with van der Waals surface area (Å²) >= 11 is 1.38. The van der Waals surface area contributed by atoms with Crippen LogP contribution in [0.2, 0.25) is 0 Å². The van der Waals surface area contributed by atoms with Crippen LogP contribution in [0.25, 0.3) is 0 Å². The van der Waals surface area contributed by atoms with Crippen molar-refractivity contribution in [3.63, 3.8) is 0 Å². The number of thioether (sulfide) groups is 1. The molecule has 1 aromatic rings. The largest absolute Gasteiger partial charge is 0.353 e. The summed E-state index contributed by atoms with van der Waals surface area (Å²) in [5.41, 5.74) is 0.605. The summed E-state index contributed by atoms with van der Waals surface area (Å²) in [4.78, 5) is 24.8. The Morgan fingerprint density at radius 3 is 2.50 bits per heavy atom. The zero-order valence-electron chi connectivity index (χ0n) is 13.6. The summed E-state index contributed by atoms with van der Waals surface area (Å²) < 4.78 is 0. The molecule has 1 rings (SSSR count). The molecule has 22 heavy (non-hydrogen) atoms. The fraction of sp³-hybridized carbons (Fsp3) is 0.500. The van der Waals surface area contributed by atoms with Crippen LogP contribution in [0.1, 0.15) is 31.1 Å². The molecule has 122 valence electrons. The topological polar surface area (TPSA) is 70.2 Å². The van der Waals surface area contributed by atoms with Crippen LogP contribution < -0.4 is 16.0 Å². The van der Waals surface area contributed by atoms with Crippen molar-refractivity contribution >= 4 is 23.6 Å². The minimum absolute atomic E-state index is 0.0287. The van der Waals surface area contributed by atoms with Crippen molar-refractivity contribution < 1.29 is 9.59 Å². The summed E-state index contributed by atoms with van der Waals surface area (Å²) in [5, 5.41) is 8.81. The highest BCUT2D eigenvalue weighted by Gasteiger charge is 2.13. The first-order valence-electron chi connectivity index (χ1n) is 7.40. The van der Waals surface area contributed by atoms with Gasteiger partial charge in [-0.05, 0) is 40.0 Å². The molecule has 0 heterocycles. The van der Waals surface area contributed by atoms with Gasteiger partial charge in [0.1, 0.15) is 0 Å². The van der Waals surface area contributed by atoms with Crippen LogP contribution in [-0.4, -0.2) is 43.2 Å². The van der Waals surface area contributed by atoms with Gasteiger partial charge in [-0.1, -0.05) is 12.1 Å². The number of carbonyl (C=O) groups is 2. The Morgan fingerprint density at radius 1 is 1.18 bits per heavy atom. The molecule has 3 N–H and O–H groups in total. The van der Waals surface area contributed by atoms with Gasteiger partial charge in [0.15, 0.2) is 0 Å². The lowest BCUT2D eigenvalue weighted by atomic mass is 10.2. The third-order valence-corrected chi connectivity index (χ3v) is 4.08. The molecule has 1 unspecified atom stereocenters. The van der Waals surface area contributed by atoms with E-state index in [-0.39, 0.29) is 23.9 Å². The first kappa shape index (κ1) is 18.5. The van der Waals surface area contributed by atoms with E-state index in [0.717, 1.165) is 4.90 Å². The van der Waals surface area contributed by atoms with Gasteiger partial charge >= 0.3 is 0 Å². The van der Waals surface area contributed by atoms with Crippen LogP contribution in [0.15, 0.2) is 29.2 Å². The van der Waals surface area contributed by atoms with Crippen molar-refractivity contribution in [2.24, 2.45) is 0 Å². The third kappa shape index (κ3) is 6.49. The number of amides is 2. The number of benzene rings is 1. The van der Waals surface area contributed by atoms with Gasteiger partial charge in [-0.25, -0.2) is 0 Å². The highest BCUT2D eigenvalue weighted by Crippen LogP contribution is 2.22. The Bertz CT molecular complexity index is 506. The van der Waals surface area contributed by atoms with Gasteiger partial charge in [0, 0.05) is 23.5 Å². The zero-order valence-corrected chi connectivity index (χ0v) is 14.4. The van der Waals surface area contributed by atoms with Gasteiger partial charge < -0.3 is 16.0 Å². The van der Waals surface area contributed by atoms with Crippen molar-refractivity contribution in [3.05, 3.63) is 29.8 Å². The highest BCUT2D eigenvalue weighted by atomic mass is 32.2. The molecule has 0 saturated heterocycles. The van der Waals surface area contributed by atoms with Crippen LogP contribution in [0, 0.1) is 0 Å². The summed E-state index contributed by atoms with van der Waals surface area (Å²) in [7, 11) is 1.86. The third-order valence-electron chi connectivity index (χ3n) is 3.00. The molecule has 0 aliphatic carbocycles. The average molecular weight is 323 g/mol. The second-order valence-electron chi connectivity index (χ2n) is 5.41. The molecule has 0 saturated carbocycles. The molecule has 0 fully saturated rings. The zero-order chi connectivity index (χ0) is 16.5. The molecule has 5 nitrogen and oxygen atoms in total. The fourth-order valence-electron chi connectivity index (χ4n) is 1.73. The maximum Gasteiger partial charge on any atom is 0.252 e. The molecule has 0 aliphatic rings. The van der Waals surface area contributed by atoms with E-state index in [1.807, 2.05) is 46.0 Å². The number of rotatable bonds is 8. The molecule has 0 aromatic heterocycles. The molecule has 0 spiro atoms. The van der Waals surface area contributed by atoms with E-state index in [1.165, 1.54) is 11.8 Å². The second-order valence-corrected chi connectivity index (χ2v) is 6.42. The van der Waals surface area contributed by atoms with Crippen LogP contribution in [0.4, 0.5) is 0 Å². The van der Waals surface area contributed by atoms with Crippen molar-refractivity contribution in [1.29, 1.82) is 0 Å². The first-order valence-corrected chi connectivity index (χ1v) is 8.39. The van der Waals surface area contributed by atoms with Gasteiger partial charge in [0.25, 0.3) is 5.91 Å². The van der Waals surface area contributed by atoms with Crippen LogP contribution in [-0.2, 0) is 4.79 Å². The minimum atomic E-state index is -0.116. The quantitative estimate of drug-likeness (QED) is 0.636. The Morgan fingerprint density at radius 2 is 1.86 bits per heavy atom. The van der Waals surface area contributed by atoms with E-state index in [0.29, 0.717) is 17.9 Å². The predicted molar refractivity (Wildman–Crippen MR) is 91.3 cm³/mol. The van der Waals surface area contributed by atoms with E-state index >= 15 is 0 Å². The number of carbonyl (C=O) groups excluding carboxylic acids is 2. The van der Waals surface area contributed by atoms with E-state index in [1.54, 1.807) is 6.07 Å². The lowest BCUT2D eigenvalue weighted by Gasteiger charge is -2.13. The molecule has 1 aromatic carbocycles. The van der Waals surface area contributed by atoms with Gasteiger partial charge in [0.2, 0.25) is 5.91 Å². The molecule has 0 aliphatic heterocycles. The predicted octanol–water partition coefficient (Wildman–Crippen LogP) is 1.64. The van der Waals surface area contributed by atoms with Crippen molar-refractivity contribution in [1.82, 2.24) is 16.0 Å². The van der Waals surface area contributed by atoms with Crippen molar-refractivity contribution in [2.45, 2.75) is 37.8 Å². The van der Waals surface area contributed by atoms with Gasteiger partial charge in [-0.15, -0.1) is 11.8 Å². The van der Waals surface area contributed by atoms with E-state index < -0.39 is 0 Å². The number of hydrogen-bond acceptors (Lipinski definition) is 4. The van der Waals surface area contributed by atoms with Crippen molar-refractivity contribution in [2.75, 3.05) is 19.3 Å². The van der Waals surface area contributed by atoms with Crippen LogP contribution in [0.5, 0.6) is 0 Å². The second kappa shape index (κ2) is 9.48. The lowest BCUT2D eigenvalue weighted by molar-refractivity contribution is -0.119. The Hall–Kier alpha value is -1.53. The van der Waals surface area contributed by atoms with E-state index in [4.69, 9.17) is 0 Å². The Labute approximate surface area is 136 Å². The van der Waals surface area contributed by atoms with Gasteiger partial charge in [0.05, 0.1) is 11.3 Å². The highest BCUT2D eigenvalue weighted by molar-refractivity contribution is 8.00. The molecule has 0 bridgehead atoms. The van der Waals surface area contributed by atoms with Crippen LogP contribution >= 0.6 is 11.8 Å².